The third-order valence-electron chi connectivity index (χ3n) is 3.65. The molecule has 0 bridgehead atoms. The van der Waals surface area contributed by atoms with Crippen molar-refractivity contribution in [3.05, 3.63) is 70.6 Å². The van der Waals surface area contributed by atoms with Crippen LogP contribution < -0.4 is 5.32 Å². The quantitative estimate of drug-likeness (QED) is 0.766. The van der Waals surface area contributed by atoms with Crippen LogP contribution in [0.25, 0.3) is 10.9 Å². The van der Waals surface area contributed by atoms with E-state index in [0.717, 1.165) is 5.39 Å². The standard InChI is InChI=1S/C17H14ClFN2O/c1-20-16(13-9-11(19)5-7-14(13)18)12-6-4-10-3-2-8-21-15(10)17(12)22/h2-9,16,20,22H,1H3. The van der Waals surface area contributed by atoms with Crippen molar-refractivity contribution in [3.8, 4) is 5.75 Å². The molecule has 0 amide bonds. The normalized spacial score (nSPS) is 12.5. The molecular weight excluding hydrogens is 303 g/mol. The Balaban J connectivity index is 2.19. The number of pyridine rings is 1. The molecule has 1 heterocycles. The Hall–Kier alpha value is -2.17. The van der Waals surface area contributed by atoms with Gasteiger partial charge in [0.25, 0.3) is 0 Å². The molecule has 3 rings (SSSR count). The van der Waals surface area contributed by atoms with Gasteiger partial charge in [0.15, 0.2) is 0 Å². The number of rotatable bonds is 3. The predicted octanol–water partition coefficient (Wildman–Crippen LogP) is 4.04. The number of phenolic OH excluding ortho intramolecular Hbond substituents is 1. The maximum atomic E-state index is 13.6. The second-order valence-corrected chi connectivity index (χ2v) is 5.37. The highest BCUT2D eigenvalue weighted by Gasteiger charge is 2.20. The highest BCUT2D eigenvalue weighted by molar-refractivity contribution is 6.31. The summed E-state index contributed by atoms with van der Waals surface area (Å²) in [6, 6.07) is 11.1. The van der Waals surface area contributed by atoms with Crippen LogP contribution in [-0.2, 0) is 0 Å². The third kappa shape index (κ3) is 2.51. The van der Waals surface area contributed by atoms with Crippen molar-refractivity contribution >= 4 is 22.5 Å². The molecule has 5 heteroatoms. The summed E-state index contributed by atoms with van der Waals surface area (Å²) in [5.41, 5.74) is 1.67. The van der Waals surface area contributed by atoms with Gasteiger partial charge in [0, 0.05) is 22.2 Å². The first kappa shape index (κ1) is 14.8. The fourth-order valence-corrected chi connectivity index (χ4v) is 2.82. The average Bonchev–Trinajstić information content (AvgIpc) is 2.53. The number of hydrogen-bond donors (Lipinski definition) is 2. The molecule has 2 N–H and O–H groups in total. The van der Waals surface area contributed by atoms with Crippen LogP contribution in [-0.4, -0.2) is 17.1 Å². The lowest BCUT2D eigenvalue weighted by Gasteiger charge is -2.20. The number of nitrogens with zero attached hydrogens (tertiary/aromatic N) is 1. The van der Waals surface area contributed by atoms with Gasteiger partial charge in [-0.1, -0.05) is 29.8 Å². The molecule has 1 atom stereocenters. The first-order valence-corrected chi connectivity index (χ1v) is 7.18. The van der Waals surface area contributed by atoms with E-state index in [9.17, 15) is 9.50 Å². The molecule has 0 saturated carbocycles. The fourth-order valence-electron chi connectivity index (χ4n) is 2.59. The minimum Gasteiger partial charge on any atom is -0.505 e. The smallest absolute Gasteiger partial charge is 0.146 e. The summed E-state index contributed by atoms with van der Waals surface area (Å²) in [5, 5.41) is 14.9. The van der Waals surface area contributed by atoms with E-state index in [0.29, 0.717) is 21.7 Å². The lowest BCUT2D eigenvalue weighted by molar-refractivity contribution is 0.465. The minimum atomic E-state index is -0.436. The van der Waals surface area contributed by atoms with E-state index in [1.807, 2.05) is 12.1 Å². The molecule has 0 saturated heterocycles. The highest BCUT2D eigenvalue weighted by Crippen LogP contribution is 2.36. The molecule has 3 nitrogen and oxygen atoms in total. The van der Waals surface area contributed by atoms with Gasteiger partial charge in [-0.15, -0.1) is 0 Å². The first-order valence-electron chi connectivity index (χ1n) is 6.80. The van der Waals surface area contributed by atoms with Gasteiger partial charge in [0.1, 0.15) is 17.1 Å². The number of hydrogen-bond acceptors (Lipinski definition) is 3. The highest BCUT2D eigenvalue weighted by atomic mass is 35.5. The monoisotopic (exact) mass is 316 g/mol. The fraction of sp³-hybridized carbons (Fsp3) is 0.118. The number of phenols is 1. The van der Waals surface area contributed by atoms with Crippen LogP contribution in [0.4, 0.5) is 4.39 Å². The van der Waals surface area contributed by atoms with Gasteiger partial charge in [-0.3, -0.25) is 4.98 Å². The van der Waals surface area contributed by atoms with Crippen LogP contribution in [0.2, 0.25) is 5.02 Å². The van der Waals surface area contributed by atoms with Crippen LogP contribution in [0.15, 0.2) is 48.7 Å². The molecule has 0 fully saturated rings. The number of fused-ring (bicyclic) bond motifs is 1. The van der Waals surface area contributed by atoms with E-state index in [1.165, 1.54) is 18.2 Å². The Labute approximate surface area is 132 Å². The number of nitrogens with one attached hydrogen (secondary N) is 1. The van der Waals surface area contributed by atoms with E-state index in [4.69, 9.17) is 11.6 Å². The number of aromatic nitrogens is 1. The first-order chi connectivity index (χ1) is 10.6. The minimum absolute atomic E-state index is 0.0674. The second kappa shape index (κ2) is 5.91. The summed E-state index contributed by atoms with van der Waals surface area (Å²) in [4.78, 5) is 4.21. The van der Waals surface area contributed by atoms with Crippen molar-refractivity contribution in [2.45, 2.75) is 6.04 Å². The number of halogens is 2. The topological polar surface area (TPSA) is 45.2 Å². The average molecular weight is 317 g/mol. The summed E-state index contributed by atoms with van der Waals surface area (Å²) in [7, 11) is 1.73. The van der Waals surface area contributed by atoms with Crippen LogP contribution in [0.1, 0.15) is 17.2 Å². The summed E-state index contributed by atoms with van der Waals surface area (Å²) in [5.74, 6) is -0.309. The molecule has 112 valence electrons. The van der Waals surface area contributed by atoms with E-state index < -0.39 is 6.04 Å². The number of aromatic hydroxyl groups is 1. The van der Waals surface area contributed by atoms with Crippen molar-refractivity contribution in [3.63, 3.8) is 0 Å². The molecular formula is C17H14ClFN2O. The van der Waals surface area contributed by atoms with Gasteiger partial charge in [0.05, 0.1) is 6.04 Å². The van der Waals surface area contributed by atoms with E-state index in [-0.39, 0.29) is 11.6 Å². The van der Waals surface area contributed by atoms with E-state index in [2.05, 4.69) is 10.3 Å². The van der Waals surface area contributed by atoms with Crippen LogP contribution in [0, 0.1) is 5.82 Å². The molecule has 0 radical (unpaired) electrons. The summed E-state index contributed by atoms with van der Waals surface area (Å²) in [6.07, 6.45) is 1.62. The molecule has 22 heavy (non-hydrogen) atoms. The van der Waals surface area contributed by atoms with Crippen molar-refractivity contribution in [2.75, 3.05) is 7.05 Å². The van der Waals surface area contributed by atoms with Crippen molar-refractivity contribution in [2.24, 2.45) is 0 Å². The molecule has 3 aromatic rings. The van der Waals surface area contributed by atoms with Crippen molar-refractivity contribution in [1.29, 1.82) is 0 Å². The molecule has 1 aromatic heterocycles. The Morgan fingerprint density at radius 3 is 2.77 bits per heavy atom. The lowest BCUT2D eigenvalue weighted by atomic mass is 9.96. The number of benzene rings is 2. The van der Waals surface area contributed by atoms with Crippen LogP contribution in [0.3, 0.4) is 0 Å². The third-order valence-corrected chi connectivity index (χ3v) is 3.99. The van der Waals surface area contributed by atoms with E-state index in [1.54, 1.807) is 25.4 Å². The lowest BCUT2D eigenvalue weighted by Crippen LogP contribution is -2.18. The van der Waals surface area contributed by atoms with Gasteiger partial charge >= 0.3 is 0 Å². The molecule has 0 spiro atoms. The van der Waals surface area contributed by atoms with Crippen LogP contribution in [0.5, 0.6) is 5.75 Å². The van der Waals surface area contributed by atoms with Gasteiger partial charge in [-0.25, -0.2) is 4.39 Å². The molecule has 0 aliphatic heterocycles. The summed E-state index contributed by atoms with van der Waals surface area (Å²) in [6.45, 7) is 0. The van der Waals surface area contributed by atoms with Crippen molar-refractivity contribution in [1.82, 2.24) is 10.3 Å². The zero-order valence-corrected chi connectivity index (χ0v) is 12.6. The van der Waals surface area contributed by atoms with Gasteiger partial charge in [-0.2, -0.15) is 0 Å². The van der Waals surface area contributed by atoms with Gasteiger partial charge < -0.3 is 10.4 Å². The second-order valence-electron chi connectivity index (χ2n) is 4.97. The summed E-state index contributed by atoms with van der Waals surface area (Å²) >= 11 is 6.19. The Bertz CT molecular complexity index is 838. The molecule has 0 aliphatic carbocycles. The summed E-state index contributed by atoms with van der Waals surface area (Å²) < 4.78 is 13.6. The molecule has 2 aromatic carbocycles. The SMILES string of the molecule is CNC(c1cc(F)ccc1Cl)c1ccc2cccnc2c1O. The largest absolute Gasteiger partial charge is 0.505 e. The van der Waals surface area contributed by atoms with Crippen molar-refractivity contribution < 1.29 is 9.50 Å². The Morgan fingerprint density at radius 1 is 1.18 bits per heavy atom. The Morgan fingerprint density at radius 2 is 2.00 bits per heavy atom. The van der Waals surface area contributed by atoms with Gasteiger partial charge in [0.2, 0.25) is 0 Å². The molecule has 1 unspecified atom stereocenters. The Kier molecular flexibility index (Phi) is 3.96. The zero-order chi connectivity index (χ0) is 15.7. The molecule has 0 aliphatic rings. The van der Waals surface area contributed by atoms with Crippen LogP contribution >= 0.6 is 11.6 Å². The van der Waals surface area contributed by atoms with Gasteiger partial charge in [-0.05, 0) is 36.9 Å². The van der Waals surface area contributed by atoms with E-state index >= 15 is 0 Å². The predicted molar refractivity (Wildman–Crippen MR) is 85.7 cm³/mol. The zero-order valence-electron chi connectivity index (χ0n) is 11.8. The maximum absolute atomic E-state index is 13.6. The maximum Gasteiger partial charge on any atom is 0.146 e.